The lowest BCUT2D eigenvalue weighted by atomic mass is 10.2. The molecule has 2 aromatic rings. The quantitative estimate of drug-likeness (QED) is 0.935. The molecule has 0 bridgehead atoms. The van der Waals surface area contributed by atoms with Crippen LogP contribution < -0.4 is 5.32 Å². The van der Waals surface area contributed by atoms with E-state index in [4.69, 9.17) is 0 Å². The highest BCUT2D eigenvalue weighted by Crippen LogP contribution is 2.20. The minimum atomic E-state index is 0.736. The normalized spacial score (nSPS) is 10.1. The number of hydrogen-bond donors (Lipinski definition) is 1. The van der Waals surface area contributed by atoms with Crippen LogP contribution in [0.1, 0.15) is 6.92 Å². The van der Waals surface area contributed by atoms with Crippen LogP contribution >= 0.6 is 15.9 Å². The van der Waals surface area contributed by atoms with Gasteiger partial charge >= 0.3 is 0 Å². The molecule has 0 amide bonds. The Morgan fingerprint density at radius 1 is 1.31 bits per heavy atom. The number of anilines is 1. The van der Waals surface area contributed by atoms with Crippen molar-refractivity contribution in [2.75, 3.05) is 11.9 Å². The number of nitrogens with zero attached hydrogens (tertiary/aromatic N) is 2. The van der Waals surface area contributed by atoms with Crippen molar-refractivity contribution in [3.05, 3.63) is 41.0 Å². The van der Waals surface area contributed by atoms with E-state index in [9.17, 15) is 0 Å². The molecule has 4 heteroatoms. The number of halogens is 1. The van der Waals surface area contributed by atoms with Crippen LogP contribution in [-0.2, 0) is 0 Å². The Kier molecular flexibility index (Phi) is 3.51. The minimum absolute atomic E-state index is 0.736. The molecule has 82 valence electrons. The lowest BCUT2D eigenvalue weighted by molar-refractivity contribution is 1.12. The Morgan fingerprint density at radius 2 is 2.19 bits per heavy atom. The molecule has 0 saturated heterocycles. The Labute approximate surface area is 103 Å². The molecule has 0 unspecified atom stereocenters. The molecule has 1 N–H and O–H groups in total. The SMILES string of the molecule is CCNc1ccnc(-c2cccc(Br)c2)n1. The molecule has 16 heavy (non-hydrogen) atoms. The molecule has 0 aliphatic rings. The van der Waals surface area contributed by atoms with Gasteiger partial charge in [-0.25, -0.2) is 9.97 Å². The molecular weight excluding hydrogens is 266 g/mol. The number of aromatic nitrogens is 2. The van der Waals surface area contributed by atoms with Gasteiger partial charge in [0.1, 0.15) is 5.82 Å². The highest BCUT2D eigenvalue weighted by atomic mass is 79.9. The van der Waals surface area contributed by atoms with E-state index >= 15 is 0 Å². The van der Waals surface area contributed by atoms with Gasteiger partial charge in [0.25, 0.3) is 0 Å². The summed E-state index contributed by atoms with van der Waals surface area (Å²) in [5.41, 5.74) is 1.01. The van der Waals surface area contributed by atoms with Crippen molar-refractivity contribution in [2.45, 2.75) is 6.92 Å². The van der Waals surface area contributed by atoms with Gasteiger partial charge in [-0.1, -0.05) is 28.1 Å². The molecule has 1 aromatic carbocycles. The van der Waals surface area contributed by atoms with Gasteiger partial charge in [-0.3, -0.25) is 0 Å². The molecule has 2 rings (SSSR count). The molecule has 1 aromatic heterocycles. The first-order chi connectivity index (χ1) is 7.79. The predicted molar refractivity (Wildman–Crippen MR) is 69.3 cm³/mol. The lowest BCUT2D eigenvalue weighted by Gasteiger charge is -2.04. The Balaban J connectivity index is 2.36. The van der Waals surface area contributed by atoms with Gasteiger partial charge in [-0.2, -0.15) is 0 Å². The highest BCUT2D eigenvalue weighted by molar-refractivity contribution is 9.10. The molecule has 0 spiro atoms. The number of nitrogens with one attached hydrogen (secondary N) is 1. The second-order valence-corrected chi connectivity index (χ2v) is 4.22. The summed E-state index contributed by atoms with van der Waals surface area (Å²) in [6, 6.07) is 9.83. The summed E-state index contributed by atoms with van der Waals surface area (Å²) in [4.78, 5) is 8.69. The second kappa shape index (κ2) is 5.07. The van der Waals surface area contributed by atoms with E-state index in [1.54, 1.807) is 6.20 Å². The fourth-order valence-corrected chi connectivity index (χ4v) is 1.80. The molecule has 0 aliphatic heterocycles. The molecule has 0 fully saturated rings. The van der Waals surface area contributed by atoms with Gasteiger partial charge in [0.05, 0.1) is 0 Å². The zero-order valence-corrected chi connectivity index (χ0v) is 10.5. The van der Waals surface area contributed by atoms with E-state index in [0.717, 1.165) is 28.2 Å². The molecular formula is C12H12BrN3. The molecule has 0 saturated carbocycles. The zero-order chi connectivity index (χ0) is 11.4. The smallest absolute Gasteiger partial charge is 0.161 e. The summed E-state index contributed by atoms with van der Waals surface area (Å²) < 4.78 is 1.03. The van der Waals surface area contributed by atoms with Crippen LogP contribution in [-0.4, -0.2) is 16.5 Å². The largest absolute Gasteiger partial charge is 0.370 e. The topological polar surface area (TPSA) is 37.8 Å². The van der Waals surface area contributed by atoms with E-state index in [0.29, 0.717) is 0 Å². The van der Waals surface area contributed by atoms with Crippen LogP contribution in [0, 0.1) is 0 Å². The van der Waals surface area contributed by atoms with Gasteiger partial charge in [0.2, 0.25) is 0 Å². The second-order valence-electron chi connectivity index (χ2n) is 3.31. The molecule has 3 nitrogen and oxygen atoms in total. The zero-order valence-electron chi connectivity index (χ0n) is 8.94. The van der Waals surface area contributed by atoms with Crippen LogP contribution in [0.2, 0.25) is 0 Å². The van der Waals surface area contributed by atoms with Crippen LogP contribution in [0.15, 0.2) is 41.0 Å². The van der Waals surface area contributed by atoms with E-state index in [1.165, 1.54) is 0 Å². The summed E-state index contributed by atoms with van der Waals surface area (Å²) in [6.07, 6.45) is 1.77. The average Bonchev–Trinajstić information content (AvgIpc) is 2.30. The summed E-state index contributed by atoms with van der Waals surface area (Å²) in [6.45, 7) is 2.90. The summed E-state index contributed by atoms with van der Waals surface area (Å²) >= 11 is 3.44. The maximum Gasteiger partial charge on any atom is 0.161 e. The van der Waals surface area contributed by atoms with Crippen molar-refractivity contribution < 1.29 is 0 Å². The van der Waals surface area contributed by atoms with Gasteiger partial charge in [0.15, 0.2) is 5.82 Å². The fourth-order valence-electron chi connectivity index (χ4n) is 1.40. The van der Waals surface area contributed by atoms with Crippen molar-refractivity contribution in [3.8, 4) is 11.4 Å². The van der Waals surface area contributed by atoms with E-state index < -0.39 is 0 Å². The summed E-state index contributed by atoms with van der Waals surface area (Å²) in [5.74, 6) is 1.59. The third kappa shape index (κ3) is 2.58. The van der Waals surface area contributed by atoms with Crippen molar-refractivity contribution in [2.24, 2.45) is 0 Å². The standard InChI is InChI=1S/C12H12BrN3/c1-2-14-11-6-7-15-12(16-11)9-4-3-5-10(13)8-9/h3-8H,2H2,1H3,(H,14,15,16). The van der Waals surface area contributed by atoms with Crippen LogP contribution in [0.25, 0.3) is 11.4 Å². The number of rotatable bonds is 3. The maximum absolute atomic E-state index is 4.43. The summed E-state index contributed by atoms with van der Waals surface area (Å²) in [7, 11) is 0. The van der Waals surface area contributed by atoms with Gasteiger partial charge < -0.3 is 5.32 Å². The maximum atomic E-state index is 4.43. The van der Waals surface area contributed by atoms with Crippen LogP contribution in [0.3, 0.4) is 0 Å². The highest BCUT2D eigenvalue weighted by Gasteiger charge is 2.02. The third-order valence-electron chi connectivity index (χ3n) is 2.10. The van der Waals surface area contributed by atoms with Crippen molar-refractivity contribution in [3.63, 3.8) is 0 Å². The first-order valence-corrected chi connectivity index (χ1v) is 5.92. The Hall–Kier alpha value is -1.42. The van der Waals surface area contributed by atoms with Crippen molar-refractivity contribution in [1.82, 2.24) is 9.97 Å². The minimum Gasteiger partial charge on any atom is -0.370 e. The molecule has 1 heterocycles. The fraction of sp³-hybridized carbons (Fsp3) is 0.167. The molecule has 0 atom stereocenters. The first-order valence-electron chi connectivity index (χ1n) is 5.12. The van der Waals surface area contributed by atoms with Crippen molar-refractivity contribution >= 4 is 21.7 Å². The van der Waals surface area contributed by atoms with Crippen LogP contribution in [0.4, 0.5) is 5.82 Å². The number of benzene rings is 1. The molecule has 0 aliphatic carbocycles. The van der Waals surface area contributed by atoms with E-state index in [-0.39, 0.29) is 0 Å². The van der Waals surface area contributed by atoms with E-state index in [2.05, 4.69) is 31.2 Å². The Bertz CT molecular complexity index is 485. The van der Waals surface area contributed by atoms with Crippen LogP contribution in [0.5, 0.6) is 0 Å². The first kappa shape index (κ1) is 11.1. The molecule has 0 radical (unpaired) electrons. The van der Waals surface area contributed by atoms with Gasteiger partial charge in [-0.15, -0.1) is 0 Å². The monoisotopic (exact) mass is 277 g/mol. The van der Waals surface area contributed by atoms with E-state index in [1.807, 2.05) is 37.3 Å². The Morgan fingerprint density at radius 3 is 2.94 bits per heavy atom. The third-order valence-corrected chi connectivity index (χ3v) is 2.59. The average molecular weight is 278 g/mol. The summed E-state index contributed by atoms with van der Waals surface area (Å²) in [5, 5.41) is 3.17. The lowest BCUT2D eigenvalue weighted by Crippen LogP contribution is -2.00. The van der Waals surface area contributed by atoms with Gasteiger partial charge in [-0.05, 0) is 25.1 Å². The predicted octanol–water partition coefficient (Wildman–Crippen LogP) is 3.34. The number of hydrogen-bond acceptors (Lipinski definition) is 3. The van der Waals surface area contributed by atoms with Crippen molar-refractivity contribution in [1.29, 1.82) is 0 Å². The van der Waals surface area contributed by atoms with Gasteiger partial charge in [0, 0.05) is 22.8 Å².